The Balaban J connectivity index is 2.24. The van der Waals surface area contributed by atoms with Crippen molar-refractivity contribution < 1.29 is 13.9 Å². The summed E-state index contributed by atoms with van der Waals surface area (Å²) < 4.78 is 10.5. The molecule has 0 unspecified atom stereocenters. The Bertz CT molecular complexity index is 602. The Morgan fingerprint density at radius 1 is 1.33 bits per heavy atom. The van der Waals surface area contributed by atoms with E-state index in [-0.39, 0.29) is 11.8 Å². The number of carbonyl (C=O) groups is 1. The molecule has 0 bridgehead atoms. The zero-order valence-corrected chi connectivity index (χ0v) is 12.8. The molecular formula is C16H20N2O3. The molecule has 0 atom stereocenters. The van der Waals surface area contributed by atoms with E-state index in [0.29, 0.717) is 12.6 Å². The Morgan fingerprint density at radius 3 is 2.48 bits per heavy atom. The summed E-state index contributed by atoms with van der Waals surface area (Å²) in [7, 11) is 1.62. The minimum Gasteiger partial charge on any atom is -0.497 e. The Morgan fingerprint density at radius 2 is 2.00 bits per heavy atom. The lowest BCUT2D eigenvalue weighted by Crippen LogP contribution is -2.34. The predicted molar refractivity (Wildman–Crippen MR) is 80.3 cm³/mol. The molecule has 0 spiro atoms. The van der Waals surface area contributed by atoms with Crippen LogP contribution >= 0.6 is 0 Å². The summed E-state index contributed by atoms with van der Waals surface area (Å²) in [5, 5.41) is 0. The van der Waals surface area contributed by atoms with Crippen molar-refractivity contribution in [1.29, 1.82) is 0 Å². The normalized spacial score (nSPS) is 10.7. The number of aryl methyl sites for hydroxylation is 1. The fourth-order valence-electron chi connectivity index (χ4n) is 1.93. The molecule has 112 valence electrons. The topological polar surface area (TPSA) is 55.6 Å². The van der Waals surface area contributed by atoms with Gasteiger partial charge in [-0.15, -0.1) is 0 Å². The molecule has 0 fully saturated rings. The quantitative estimate of drug-likeness (QED) is 0.848. The fourth-order valence-corrected chi connectivity index (χ4v) is 1.93. The third-order valence-electron chi connectivity index (χ3n) is 3.10. The number of hydrogen-bond donors (Lipinski definition) is 0. The number of ether oxygens (including phenoxy) is 1. The number of rotatable bonds is 5. The van der Waals surface area contributed by atoms with Crippen molar-refractivity contribution in [1.82, 2.24) is 4.98 Å². The highest BCUT2D eigenvalue weighted by atomic mass is 16.5. The zero-order chi connectivity index (χ0) is 15.4. The number of hydrogen-bond acceptors (Lipinski definition) is 4. The summed E-state index contributed by atoms with van der Waals surface area (Å²) in [6.45, 7) is 5.97. The Hall–Kier alpha value is -2.30. The third-order valence-corrected chi connectivity index (χ3v) is 3.10. The molecule has 1 aromatic heterocycles. The average Bonchev–Trinajstić information content (AvgIpc) is 2.91. The molecule has 1 heterocycles. The molecule has 0 radical (unpaired) electrons. The van der Waals surface area contributed by atoms with Gasteiger partial charge >= 0.3 is 6.01 Å². The number of carbonyl (C=O) groups excluding carboxylic acids is 1. The summed E-state index contributed by atoms with van der Waals surface area (Å²) >= 11 is 0. The summed E-state index contributed by atoms with van der Waals surface area (Å²) in [5.41, 5.74) is 1.74. The molecule has 2 rings (SSSR count). The number of anilines is 1. The van der Waals surface area contributed by atoms with E-state index in [9.17, 15) is 4.79 Å². The van der Waals surface area contributed by atoms with E-state index in [2.05, 4.69) is 4.98 Å². The second-order valence-electron chi connectivity index (χ2n) is 5.20. The second kappa shape index (κ2) is 6.43. The maximum atomic E-state index is 12.4. The van der Waals surface area contributed by atoms with Gasteiger partial charge in [0.2, 0.25) is 5.91 Å². The Labute approximate surface area is 124 Å². The summed E-state index contributed by atoms with van der Waals surface area (Å²) in [5.74, 6) is 0.635. The van der Waals surface area contributed by atoms with Gasteiger partial charge in [0.15, 0.2) is 0 Å². The highest BCUT2D eigenvalue weighted by Gasteiger charge is 2.23. The molecule has 1 aromatic carbocycles. The van der Waals surface area contributed by atoms with Crippen LogP contribution in [0.1, 0.15) is 25.1 Å². The van der Waals surface area contributed by atoms with Crippen LogP contribution in [0.5, 0.6) is 5.75 Å². The molecule has 0 N–H and O–H groups in total. The molecule has 1 amide bonds. The minimum absolute atomic E-state index is 0.0207. The van der Waals surface area contributed by atoms with Crippen LogP contribution in [0.2, 0.25) is 0 Å². The van der Waals surface area contributed by atoms with Crippen LogP contribution in [-0.4, -0.2) is 18.0 Å². The van der Waals surface area contributed by atoms with Crippen molar-refractivity contribution >= 4 is 11.9 Å². The van der Waals surface area contributed by atoms with E-state index in [4.69, 9.17) is 9.15 Å². The standard InChI is InChI=1S/C16H20N2O3/c1-11(2)15(19)18(16-17-12(3)10-21-16)9-13-5-7-14(20-4)8-6-13/h5-8,10-11H,9H2,1-4H3. The molecule has 0 aliphatic rings. The molecule has 0 saturated carbocycles. The van der Waals surface area contributed by atoms with Crippen LogP contribution in [0.4, 0.5) is 6.01 Å². The van der Waals surface area contributed by atoms with Crippen LogP contribution in [0.15, 0.2) is 34.9 Å². The lowest BCUT2D eigenvalue weighted by molar-refractivity contribution is -0.121. The van der Waals surface area contributed by atoms with Gasteiger partial charge in [-0.25, -0.2) is 0 Å². The number of aromatic nitrogens is 1. The molecule has 21 heavy (non-hydrogen) atoms. The number of oxazole rings is 1. The molecule has 0 saturated heterocycles. The molecule has 0 aliphatic heterocycles. The lowest BCUT2D eigenvalue weighted by atomic mass is 10.1. The molecule has 5 nitrogen and oxygen atoms in total. The van der Waals surface area contributed by atoms with Crippen molar-refractivity contribution in [2.75, 3.05) is 12.0 Å². The summed E-state index contributed by atoms with van der Waals surface area (Å²) in [6, 6.07) is 7.93. The van der Waals surface area contributed by atoms with E-state index in [1.165, 1.54) is 0 Å². The van der Waals surface area contributed by atoms with Gasteiger partial charge in [0.05, 0.1) is 19.3 Å². The lowest BCUT2D eigenvalue weighted by Gasteiger charge is -2.21. The number of methoxy groups -OCH3 is 1. The van der Waals surface area contributed by atoms with Gasteiger partial charge in [0.1, 0.15) is 12.0 Å². The smallest absolute Gasteiger partial charge is 0.304 e. The van der Waals surface area contributed by atoms with Gasteiger partial charge in [-0.1, -0.05) is 26.0 Å². The first-order valence-electron chi connectivity index (χ1n) is 6.87. The summed E-state index contributed by atoms with van der Waals surface area (Å²) in [4.78, 5) is 18.2. The van der Waals surface area contributed by atoms with Crippen molar-refractivity contribution in [2.45, 2.75) is 27.3 Å². The monoisotopic (exact) mass is 288 g/mol. The van der Waals surface area contributed by atoms with Crippen molar-refractivity contribution in [3.8, 4) is 5.75 Å². The maximum Gasteiger partial charge on any atom is 0.304 e. The highest BCUT2D eigenvalue weighted by Crippen LogP contribution is 2.20. The van der Waals surface area contributed by atoms with Crippen LogP contribution in [0.25, 0.3) is 0 Å². The van der Waals surface area contributed by atoms with E-state index in [1.807, 2.05) is 45.0 Å². The van der Waals surface area contributed by atoms with Crippen molar-refractivity contribution in [2.24, 2.45) is 5.92 Å². The third kappa shape index (κ3) is 3.62. The number of nitrogens with zero attached hydrogens (tertiary/aromatic N) is 2. The van der Waals surface area contributed by atoms with Gasteiger partial charge < -0.3 is 9.15 Å². The first kappa shape index (κ1) is 15.1. The van der Waals surface area contributed by atoms with E-state index in [0.717, 1.165) is 17.0 Å². The maximum absolute atomic E-state index is 12.4. The van der Waals surface area contributed by atoms with Gasteiger partial charge in [0, 0.05) is 5.92 Å². The van der Waals surface area contributed by atoms with E-state index in [1.54, 1.807) is 18.3 Å². The Kier molecular flexibility index (Phi) is 4.62. The van der Waals surface area contributed by atoms with Crippen LogP contribution in [0, 0.1) is 12.8 Å². The van der Waals surface area contributed by atoms with Crippen LogP contribution in [-0.2, 0) is 11.3 Å². The van der Waals surface area contributed by atoms with E-state index < -0.39 is 0 Å². The zero-order valence-electron chi connectivity index (χ0n) is 12.8. The number of benzene rings is 1. The predicted octanol–water partition coefficient (Wildman–Crippen LogP) is 3.18. The second-order valence-corrected chi connectivity index (χ2v) is 5.20. The minimum atomic E-state index is -0.129. The fraction of sp³-hybridized carbons (Fsp3) is 0.375. The van der Waals surface area contributed by atoms with Gasteiger partial charge in [-0.05, 0) is 24.6 Å². The molecule has 0 aliphatic carbocycles. The first-order valence-corrected chi connectivity index (χ1v) is 6.87. The van der Waals surface area contributed by atoms with Crippen LogP contribution < -0.4 is 9.64 Å². The van der Waals surface area contributed by atoms with Crippen molar-refractivity contribution in [3.63, 3.8) is 0 Å². The SMILES string of the molecule is COc1ccc(CN(C(=O)C(C)C)c2nc(C)co2)cc1. The van der Waals surface area contributed by atoms with Crippen LogP contribution in [0.3, 0.4) is 0 Å². The molecule has 2 aromatic rings. The molecule has 5 heteroatoms. The first-order chi connectivity index (χ1) is 10.0. The van der Waals surface area contributed by atoms with Gasteiger partial charge in [-0.3, -0.25) is 9.69 Å². The van der Waals surface area contributed by atoms with Gasteiger partial charge in [-0.2, -0.15) is 4.98 Å². The van der Waals surface area contributed by atoms with Crippen molar-refractivity contribution in [3.05, 3.63) is 41.8 Å². The highest BCUT2D eigenvalue weighted by molar-refractivity contribution is 5.92. The summed E-state index contributed by atoms with van der Waals surface area (Å²) in [6.07, 6.45) is 1.55. The average molecular weight is 288 g/mol. The van der Waals surface area contributed by atoms with E-state index >= 15 is 0 Å². The molecular weight excluding hydrogens is 268 g/mol. The van der Waals surface area contributed by atoms with Gasteiger partial charge in [0.25, 0.3) is 0 Å². The largest absolute Gasteiger partial charge is 0.497 e. The number of amides is 1.